The molecule has 0 radical (unpaired) electrons. The molecule has 6 heteroatoms. The van der Waals surface area contributed by atoms with Crippen LogP contribution < -0.4 is 15.1 Å². The molecule has 3 rings (SSSR count). The molecule has 0 fully saturated rings. The highest BCUT2D eigenvalue weighted by Gasteiger charge is 2.28. The van der Waals surface area contributed by atoms with Crippen molar-refractivity contribution in [1.29, 1.82) is 0 Å². The number of benzene rings is 1. The zero-order chi connectivity index (χ0) is 17.1. The largest absolute Gasteiger partial charge is 0.491 e. The van der Waals surface area contributed by atoms with Crippen LogP contribution in [-0.4, -0.2) is 28.7 Å². The molecule has 1 unspecified atom stereocenters. The van der Waals surface area contributed by atoms with Crippen molar-refractivity contribution >= 4 is 11.6 Å². The van der Waals surface area contributed by atoms with Crippen LogP contribution in [0.15, 0.2) is 42.7 Å². The first-order valence-electron chi connectivity index (χ1n) is 7.97. The first-order chi connectivity index (χ1) is 11.6. The van der Waals surface area contributed by atoms with Crippen molar-refractivity contribution < 1.29 is 14.7 Å². The zero-order valence-corrected chi connectivity index (χ0v) is 13.8. The van der Waals surface area contributed by atoms with Crippen molar-refractivity contribution in [3.8, 4) is 5.75 Å². The van der Waals surface area contributed by atoms with Crippen LogP contribution in [0.4, 0.5) is 5.69 Å². The van der Waals surface area contributed by atoms with E-state index in [0.29, 0.717) is 30.4 Å². The summed E-state index contributed by atoms with van der Waals surface area (Å²) >= 11 is 0. The standard InChI is InChI=1S/C18H21N3O3/c1-12(2)16-11-24-17-8-13(18(22)20-23)5-6-14(17)10-21(16)15-4-3-7-19-9-15/h3-9,12,16,23H,10-11H2,1-2H3,(H,20,22). The monoisotopic (exact) mass is 327 g/mol. The van der Waals surface area contributed by atoms with Crippen LogP contribution in [-0.2, 0) is 6.54 Å². The Labute approximate surface area is 141 Å². The van der Waals surface area contributed by atoms with Gasteiger partial charge in [-0.1, -0.05) is 19.9 Å². The summed E-state index contributed by atoms with van der Waals surface area (Å²) in [7, 11) is 0. The summed E-state index contributed by atoms with van der Waals surface area (Å²) in [5.74, 6) is 0.517. The Balaban J connectivity index is 1.97. The Morgan fingerprint density at radius 1 is 1.42 bits per heavy atom. The first kappa shape index (κ1) is 16.3. The molecule has 2 heterocycles. The zero-order valence-electron chi connectivity index (χ0n) is 13.8. The lowest BCUT2D eigenvalue weighted by molar-refractivity contribution is 0.0706. The number of carbonyl (C=O) groups is 1. The van der Waals surface area contributed by atoms with Gasteiger partial charge in [-0.05, 0) is 30.2 Å². The van der Waals surface area contributed by atoms with Gasteiger partial charge in [-0.2, -0.15) is 0 Å². The topological polar surface area (TPSA) is 74.7 Å². The van der Waals surface area contributed by atoms with Crippen molar-refractivity contribution in [3.05, 3.63) is 53.9 Å². The highest BCUT2D eigenvalue weighted by atomic mass is 16.5. The van der Waals surface area contributed by atoms with Gasteiger partial charge in [0.25, 0.3) is 5.91 Å². The molecule has 0 saturated heterocycles. The SMILES string of the molecule is CC(C)C1COc2cc(C(=O)NO)ccc2CN1c1cccnc1. The Kier molecular flexibility index (Phi) is 4.66. The summed E-state index contributed by atoms with van der Waals surface area (Å²) in [5, 5.41) is 8.80. The lowest BCUT2D eigenvalue weighted by atomic mass is 10.0. The van der Waals surface area contributed by atoms with Crippen molar-refractivity contribution in [2.45, 2.75) is 26.4 Å². The number of anilines is 1. The molecule has 6 nitrogen and oxygen atoms in total. The summed E-state index contributed by atoms with van der Waals surface area (Å²) in [6.45, 7) is 5.52. The quantitative estimate of drug-likeness (QED) is 0.669. The maximum atomic E-state index is 11.6. The molecule has 126 valence electrons. The summed E-state index contributed by atoms with van der Waals surface area (Å²) in [6, 6.07) is 9.38. The number of aromatic nitrogens is 1. The number of rotatable bonds is 3. The fraction of sp³-hybridized carbons (Fsp3) is 0.333. The number of hydrogen-bond donors (Lipinski definition) is 2. The molecule has 1 amide bonds. The molecule has 0 saturated carbocycles. The number of carbonyl (C=O) groups excluding carboxylic acids is 1. The van der Waals surface area contributed by atoms with Crippen molar-refractivity contribution in [2.24, 2.45) is 5.92 Å². The maximum Gasteiger partial charge on any atom is 0.274 e. The lowest BCUT2D eigenvalue weighted by Crippen LogP contribution is -2.41. The molecule has 1 aromatic carbocycles. The van der Waals surface area contributed by atoms with E-state index in [-0.39, 0.29) is 6.04 Å². The smallest absolute Gasteiger partial charge is 0.274 e. The average Bonchev–Trinajstić information content (AvgIpc) is 2.80. The van der Waals surface area contributed by atoms with Gasteiger partial charge in [0, 0.05) is 23.9 Å². The molecular weight excluding hydrogens is 306 g/mol. The molecule has 2 N–H and O–H groups in total. The number of ether oxygens (including phenoxy) is 1. The first-order valence-corrected chi connectivity index (χ1v) is 7.97. The molecule has 0 aliphatic carbocycles. The van der Waals surface area contributed by atoms with Gasteiger partial charge in [0.1, 0.15) is 12.4 Å². The van der Waals surface area contributed by atoms with E-state index in [1.165, 1.54) is 0 Å². The van der Waals surface area contributed by atoms with Gasteiger partial charge in [-0.3, -0.25) is 15.0 Å². The summed E-state index contributed by atoms with van der Waals surface area (Å²) < 4.78 is 5.99. The van der Waals surface area contributed by atoms with Crippen LogP contribution in [0, 0.1) is 5.92 Å². The van der Waals surface area contributed by atoms with Crippen molar-refractivity contribution in [3.63, 3.8) is 0 Å². The molecule has 0 spiro atoms. The van der Waals surface area contributed by atoms with E-state index in [0.717, 1.165) is 11.3 Å². The number of fused-ring (bicyclic) bond motifs is 1. The molecule has 1 aromatic heterocycles. The van der Waals surface area contributed by atoms with Crippen LogP contribution in [0.3, 0.4) is 0 Å². The van der Waals surface area contributed by atoms with E-state index >= 15 is 0 Å². The third-order valence-corrected chi connectivity index (χ3v) is 4.33. The second-order valence-electron chi connectivity index (χ2n) is 6.22. The van der Waals surface area contributed by atoms with Gasteiger partial charge in [-0.15, -0.1) is 0 Å². The minimum Gasteiger partial charge on any atom is -0.491 e. The fourth-order valence-corrected chi connectivity index (χ4v) is 2.95. The third-order valence-electron chi connectivity index (χ3n) is 4.33. The van der Waals surface area contributed by atoms with Crippen LogP contribution >= 0.6 is 0 Å². The Morgan fingerprint density at radius 2 is 2.25 bits per heavy atom. The number of hydroxylamine groups is 1. The van der Waals surface area contributed by atoms with E-state index in [1.54, 1.807) is 23.8 Å². The van der Waals surface area contributed by atoms with Gasteiger partial charge in [0.2, 0.25) is 0 Å². The van der Waals surface area contributed by atoms with Crippen LogP contribution in [0.5, 0.6) is 5.75 Å². The van der Waals surface area contributed by atoms with Gasteiger partial charge in [-0.25, -0.2) is 5.48 Å². The fourth-order valence-electron chi connectivity index (χ4n) is 2.95. The average molecular weight is 327 g/mol. The Morgan fingerprint density at radius 3 is 2.92 bits per heavy atom. The molecule has 1 atom stereocenters. The lowest BCUT2D eigenvalue weighted by Gasteiger charge is -2.33. The van der Waals surface area contributed by atoms with Gasteiger partial charge in [0.05, 0.1) is 17.9 Å². The van der Waals surface area contributed by atoms with Crippen LogP contribution in [0.1, 0.15) is 29.8 Å². The predicted molar refractivity (Wildman–Crippen MR) is 90.2 cm³/mol. The molecule has 2 aromatic rings. The van der Waals surface area contributed by atoms with E-state index in [9.17, 15) is 4.79 Å². The number of pyridine rings is 1. The number of nitrogens with zero attached hydrogens (tertiary/aromatic N) is 2. The van der Waals surface area contributed by atoms with Gasteiger partial charge < -0.3 is 9.64 Å². The van der Waals surface area contributed by atoms with E-state index < -0.39 is 5.91 Å². The third kappa shape index (κ3) is 3.19. The molecule has 1 aliphatic heterocycles. The number of hydrogen-bond acceptors (Lipinski definition) is 5. The Bertz CT molecular complexity index is 719. The molecular formula is C18H21N3O3. The van der Waals surface area contributed by atoms with Crippen LogP contribution in [0.2, 0.25) is 0 Å². The van der Waals surface area contributed by atoms with Crippen molar-refractivity contribution in [2.75, 3.05) is 11.5 Å². The number of nitrogens with one attached hydrogen (secondary N) is 1. The number of amides is 1. The van der Waals surface area contributed by atoms with Gasteiger partial charge in [0.15, 0.2) is 0 Å². The van der Waals surface area contributed by atoms with Crippen molar-refractivity contribution in [1.82, 2.24) is 10.5 Å². The maximum absolute atomic E-state index is 11.6. The second kappa shape index (κ2) is 6.88. The minimum atomic E-state index is -0.546. The van der Waals surface area contributed by atoms with E-state index in [4.69, 9.17) is 9.94 Å². The molecule has 24 heavy (non-hydrogen) atoms. The van der Waals surface area contributed by atoms with Gasteiger partial charge >= 0.3 is 0 Å². The highest BCUT2D eigenvalue weighted by molar-refractivity contribution is 5.93. The van der Waals surface area contributed by atoms with E-state index in [2.05, 4.69) is 23.7 Å². The van der Waals surface area contributed by atoms with Crippen LogP contribution in [0.25, 0.3) is 0 Å². The normalized spacial score (nSPS) is 17.0. The summed E-state index contributed by atoms with van der Waals surface area (Å²) in [6.07, 6.45) is 3.61. The summed E-state index contributed by atoms with van der Waals surface area (Å²) in [4.78, 5) is 18.1. The molecule has 1 aliphatic rings. The molecule has 0 bridgehead atoms. The second-order valence-corrected chi connectivity index (χ2v) is 6.22. The Hall–Kier alpha value is -2.60. The predicted octanol–water partition coefficient (Wildman–Crippen LogP) is 2.62. The van der Waals surface area contributed by atoms with E-state index in [1.807, 2.05) is 24.4 Å². The highest BCUT2D eigenvalue weighted by Crippen LogP contribution is 2.31. The minimum absolute atomic E-state index is 0.191. The summed E-state index contributed by atoms with van der Waals surface area (Å²) in [5.41, 5.74) is 4.06.